The third-order valence-electron chi connectivity index (χ3n) is 2.54. The highest BCUT2D eigenvalue weighted by Crippen LogP contribution is 2.29. The molecule has 0 heterocycles. The normalized spacial score (nSPS) is 10.4. The molecule has 3 N–H and O–H groups in total. The number of aryl methyl sites for hydroxylation is 1. The fourth-order valence-corrected chi connectivity index (χ4v) is 1.74. The van der Waals surface area contributed by atoms with Crippen LogP contribution >= 0.6 is 11.6 Å². The highest BCUT2D eigenvalue weighted by Gasteiger charge is 2.08. The molecule has 5 heteroatoms. The van der Waals surface area contributed by atoms with E-state index in [-0.39, 0.29) is 5.69 Å². The van der Waals surface area contributed by atoms with Crippen molar-refractivity contribution in [2.24, 2.45) is 0 Å². The van der Waals surface area contributed by atoms with Crippen LogP contribution in [-0.2, 0) is 0 Å². The van der Waals surface area contributed by atoms with Gasteiger partial charge in [0.15, 0.2) is 0 Å². The summed E-state index contributed by atoms with van der Waals surface area (Å²) >= 11 is 5.89. The average molecular weight is 269 g/mol. The van der Waals surface area contributed by atoms with Crippen molar-refractivity contribution in [3.05, 3.63) is 52.6 Å². The van der Waals surface area contributed by atoms with Gasteiger partial charge in [-0.3, -0.25) is 0 Å². The van der Waals surface area contributed by atoms with Crippen molar-refractivity contribution in [1.82, 2.24) is 0 Å². The van der Waals surface area contributed by atoms with Crippen molar-refractivity contribution in [1.29, 1.82) is 0 Å². The summed E-state index contributed by atoms with van der Waals surface area (Å²) in [7, 11) is 0. The van der Waals surface area contributed by atoms with Gasteiger partial charge >= 0.3 is 0 Å². The van der Waals surface area contributed by atoms with E-state index in [1.54, 1.807) is 19.1 Å². The SMILES string of the molecule is Cc1cc(N)c(Cl)cc1Nc1cc(F)ccc1F. The zero-order valence-corrected chi connectivity index (χ0v) is 10.4. The first-order chi connectivity index (χ1) is 8.47. The third kappa shape index (κ3) is 2.54. The molecule has 0 aliphatic rings. The van der Waals surface area contributed by atoms with E-state index in [1.807, 2.05) is 0 Å². The van der Waals surface area contributed by atoms with Gasteiger partial charge in [-0.05, 0) is 36.8 Å². The summed E-state index contributed by atoms with van der Waals surface area (Å²) in [4.78, 5) is 0. The maximum atomic E-state index is 13.5. The van der Waals surface area contributed by atoms with E-state index < -0.39 is 11.6 Å². The highest BCUT2D eigenvalue weighted by molar-refractivity contribution is 6.33. The molecule has 0 saturated heterocycles. The predicted octanol–water partition coefficient (Wildman–Crippen LogP) is 4.25. The van der Waals surface area contributed by atoms with Crippen molar-refractivity contribution in [3.8, 4) is 0 Å². The fraction of sp³-hybridized carbons (Fsp3) is 0.0769. The first-order valence-corrected chi connectivity index (χ1v) is 5.63. The van der Waals surface area contributed by atoms with Crippen LogP contribution in [0.1, 0.15) is 5.56 Å². The van der Waals surface area contributed by atoms with Gasteiger partial charge in [-0.1, -0.05) is 11.6 Å². The second kappa shape index (κ2) is 4.82. The lowest BCUT2D eigenvalue weighted by molar-refractivity contribution is 0.603. The van der Waals surface area contributed by atoms with Crippen LogP contribution in [0, 0.1) is 18.6 Å². The van der Waals surface area contributed by atoms with E-state index in [9.17, 15) is 8.78 Å². The molecule has 2 aromatic rings. The molecule has 0 unspecified atom stereocenters. The molecule has 0 radical (unpaired) electrons. The molecular formula is C13H11ClF2N2. The molecule has 18 heavy (non-hydrogen) atoms. The van der Waals surface area contributed by atoms with Crippen LogP contribution in [0.15, 0.2) is 30.3 Å². The Kier molecular flexibility index (Phi) is 3.39. The minimum absolute atomic E-state index is 0.0546. The molecule has 2 rings (SSSR count). The number of hydrogen-bond donors (Lipinski definition) is 2. The van der Waals surface area contributed by atoms with E-state index in [2.05, 4.69) is 5.32 Å². The third-order valence-corrected chi connectivity index (χ3v) is 2.87. The average Bonchev–Trinajstić information content (AvgIpc) is 2.30. The van der Waals surface area contributed by atoms with Crippen LogP contribution in [0.4, 0.5) is 25.8 Å². The predicted molar refractivity (Wildman–Crippen MR) is 70.2 cm³/mol. The van der Waals surface area contributed by atoms with Gasteiger partial charge in [0.1, 0.15) is 11.6 Å². The number of rotatable bonds is 2. The molecule has 2 aromatic carbocycles. The number of anilines is 3. The van der Waals surface area contributed by atoms with E-state index >= 15 is 0 Å². The molecule has 0 aromatic heterocycles. The number of hydrogen-bond acceptors (Lipinski definition) is 2. The first-order valence-electron chi connectivity index (χ1n) is 5.25. The van der Waals surface area contributed by atoms with E-state index in [0.29, 0.717) is 16.4 Å². The van der Waals surface area contributed by atoms with E-state index in [0.717, 1.165) is 23.8 Å². The molecule has 2 nitrogen and oxygen atoms in total. The first kappa shape index (κ1) is 12.6. The van der Waals surface area contributed by atoms with Crippen LogP contribution < -0.4 is 11.1 Å². The number of halogens is 3. The van der Waals surface area contributed by atoms with Crippen LogP contribution in [0.2, 0.25) is 5.02 Å². The summed E-state index contributed by atoms with van der Waals surface area (Å²) in [5.74, 6) is -1.05. The monoisotopic (exact) mass is 268 g/mol. The molecule has 0 atom stereocenters. The van der Waals surface area contributed by atoms with Crippen molar-refractivity contribution in [2.45, 2.75) is 6.92 Å². The topological polar surface area (TPSA) is 38.0 Å². The number of nitrogen functional groups attached to an aromatic ring is 1. The molecule has 0 saturated carbocycles. The van der Waals surface area contributed by atoms with Gasteiger partial charge < -0.3 is 11.1 Å². The molecule has 94 valence electrons. The van der Waals surface area contributed by atoms with Crippen molar-refractivity contribution < 1.29 is 8.78 Å². The standard InChI is InChI=1S/C13H11ClF2N2/c1-7-4-11(17)9(14)6-12(7)18-13-5-8(15)2-3-10(13)16/h2-6,18H,17H2,1H3. The minimum atomic E-state index is -0.538. The Morgan fingerprint density at radius 2 is 1.83 bits per heavy atom. The van der Waals surface area contributed by atoms with Crippen LogP contribution in [0.3, 0.4) is 0 Å². The Labute approximate surface area is 108 Å². The van der Waals surface area contributed by atoms with Gasteiger partial charge in [-0.25, -0.2) is 8.78 Å². The zero-order valence-electron chi connectivity index (χ0n) is 9.60. The van der Waals surface area contributed by atoms with Gasteiger partial charge in [-0.2, -0.15) is 0 Å². The highest BCUT2D eigenvalue weighted by atomic mass is 35.5. The van der Waals surface area contributed by atoms with Crippen LogP contribution in [0.5, 0.6) is 0 Å². The van der Waals surface area contributed by atoms with Crippen molar-refractivity contribution in [3.63, 3.8) is 0 Å². The lowest BCUT2D eigenvalue weighted by atomic mass is 10.1. The fourth-order valence-electron chi connectivity index (χ4n) is 1.58. The van der Waals surface area contributed by atoms with Gasteiger partial charge in [0.25, 0.3) is 0 Å². The zero-order chi connectivity index (χ0) is 13.3. The lowest BCUT2D eigenvalue weighted by Gasteiger charge is -2.12. The number of benzene rings is 2. The Hall–Kier alpha value is -1.81. The Bertz CT molecular complexity index is 600. The number of nitrogens with two attached hydrogens (primary N) is 1. The van der Waals surface area contributed by atoms with E-state index in [4.69, 9.17) is 17.3 Å². The second-order valence-corrected chi connectivity index (χ2v) is 4.35. The quantitative estimate of drug-likeness (QED) is 0.799. The van der Waals surface area contributed by atoms with Gasteiger partial charge in [0.2, 0.25) is 0 Å². The van der Waals surface area contributed by atoms with Gasteiger partial charge in [0, 0.05) is 11.8 Å². The summed E-state index contributed by atoms with van der Waals surface area (Å²) in [5, 5.41) is 3.16. The van der Waals surface area contributed by atoms with Crippen LogP contribution in [0.25, 0.3) is 0 Å². The maximum absolute atomic E-state index is 13.5. The summed E-state index contributed by atoms with van der Waals surface area (Å²) in [6, 6.07) is 6.45. The largest absolute Gasteiger partial charge is 0.398 e. The summed E-state index contributed by atoms with van der Waals surface area (Å²) < 4.78 is 26.5. The van der Waals surface area contributed by atoms with Crippen molar-refractivity contribution >= 4 is 28.7 Å². The second-order valence-electron chi connectivity index (χ2n) is 3.94. The lowest BCUT2D eigenvalue weighted by Crippen LogP contribution is -1.98. The minimum Gasteiger partial charge on any atom is -0.398 e. The molecule has 0 bridgehead atoms. The van der Waals surface area contributed by atoms with Gasteiger partial charge in [-0.15, -0.1) is 0 Å². The molecule has 0 aliphatic heterocycles. The Morgan fingerprint density at radius 1 is 1.11 bits per heavy atom. The summed E-state index contributed by atoms with van der Waals surface area (Å²) in [6.07, 6.45) is 0. The van der Waals surface area contributed by atoms with Gasteiger partial charge in [0.05, 0.1) is 16.4 Å². The summed E-state index contributed by atoms with van der Waals surface area (Å²) in [6.45, 7) is 1.80. The Morgan fingerprint density at radius 3 is 2.56 bits per heavy atom. The smallest absolute Gasteiger partial charge is 0.146 e. The summed E-state index contributed by atoms with van der Waals surface area (Å²) in [5.41, 5.74) is 7.52. The molecular weight excluding hydrogens is 258 g/mol. The Balaban J connectivity index is 2.40. The molecule has 0 fully saturated rings. The molecule has 0 amide bonds. The van der Waals surface area contributed by atoms with E-state index in [1.165, 1.54) is 0 Å². The van der Waals surface area contributed by atoms with Crippen LogP contribution in [-0.4, -0.2) is 0 Å². The molecule has 0 aliphatic carbocycles. The number of nitrogens with one attached hydrogen (secondary N) is 1. The molecule has 0 spiro atoms. The maximum Gasteiger partial charge on any atom is 0.146 e. The van der Waals surface area contributed by atoms with Crippen molar-refractivity contribution in [2.75, 3.05) is 11.1 Å².